The lowest BCUT2D eigenvalue weighted by Crippen LogP contribution is -2.21. The summed E-state index contributed by atoms with van der Waals surface area (Å²) in [4.78, 5) is 13.7. The third kappa shape index (κ3) is 2.29. The topological polar surface area (TPSA) is 40.5 Å². The molecule has 17 heavy (non-hydrogen) atoms. The van der Waals surface area contributed by atoms with E-state index in [2.05, 4.69) is 0 Å². The first-order chi connectivity index (χ1) is 8.09. The van der Waals surface area contributed by atoms with Gasteiger partial charge in [-0.25, -0.2) is 0 Å². The van der Waals surface area contributed by atoms with Gasteiger partial charge in [-0.15, -0.1) is 0 Å². The van der Waals surface area contributed by atoms with Crippen molar-refractivity contribution in [2.24, 2.45) is 0 Å². The highest BCUT2D eigenvalue weighted by Crippen LogP contribution is 2.28. The Morgan fingerprint density at radius 3 is 2.59 bits per heavy atom. The van der Waals surface area contributed by atoms with Crippen LogP contribution in [0.25, 0.3) is 10.8 Å². The molecule has 0 saturated carbocycles. The number of aromatic hydroxyl groups is 1. The van der Waals surface area contributed by atoms with E-state index in [9.17, 15) is 9.90 Å². The largest absolute Gasteiger partial charge is 0.507 e. The van der Waals surface area contributed by atoms with Crippen LogP contribution in [0.5, 0.6) is 5.75 Å². The maximum Gasteiger partial charge on any atom is 0.180 e. The monoisotopic (exact) mass is 229 g/mol. The molecule has 0 aliphatic carbocycles. The van der Waals surface area contributed by atoms with E-state index in [4.69, 9.17) is 0 Å². The zero-order chi connectivity index (χ0) is 12.4. The number of phenols is 1. The van der Waals surface area contributed by atoms with Crippen molar-refractivity contribution in [3.8, 4) is 5.75 Å². The van der Waals surface area contributed by atoms with Crippen LogP contribution < -0.4 is 0 Å². The van der Waals surface area contributed by atoms with Gasteiger partial charge in [-0.05, 0) is 25.5 Å². The molecule has 0 aliphatic rings. The number of ketones is 1. The van der Waals surface area contributed by atoms with Crippen molar-refractivity contribution in [1.82, 2.24) is 4.90 Å². The van der Waals surface area contributed by atoms with Crippen molar-refractivity contribution in [3.05, 3.63) is 42.0 Å². The summed E-state index contributed by atoms with van der Waals surface area (Å²) in [6, 6.07) is 11.0. The minimum Gasteiger partial charge on any atom is -0.507 e. The Labute approximate surface area is 100 Å². The summed E-state index contributed by atoms with van der Waals surface area (Å²) >= 11 is 0. The van der Waals surface area contributed by atoms with Crippen LogP contribution in [-0.4, -0.2) is 36.4 Å². The molecule has 0 amide bonds. The van der Waals surface area contributed by atoms with Crippen LogP contribution in [0.3, 0.4) is 0 Å². The summed E-state index contributed by atoms with van der Waals surface area (Å²) in [6.07, 6.45) is 0. The van der Waals surface area contributed by atoms with E-state index >= 15 is 0 Å². The third-order valence-corrected chi connectivity index (χ3v) is 2.66. The van der Waals surface area contributed by atoms with E-state index < -0.39 is 0 Å². The summed E-state index contributed by atoms with van der Waals surface area (Å²) in [5.74, 6) is 0.00760. The maximum absolute atomic E-state index is 11.9. The smallest absolute Gasteiger partial charge is 0.180 e. The molecule has 0 spiro atoms. The van der Waals surface area contributed by atoms with Crippen molar-refractivity contribution in [2.45, 2.75) is 0 Å². The van der Waals surface area contributed by atoms with Gasteiger partial charge in [0.25, 0.3) is 0 Å². The second-order valence-corrected chi connectivity index (χ2v) is 4.34. The molecule has 0 saturated heterocycles. The van der Waals surface area contributed by atoms with E-state index in [1.807, 2.05) is 44.4 Å². The van der Waals surface area contributed by atoms with E-state index in [0.29, 0.717) is 12.1 Å². The first-order valence-corrected chi connectivity index (χ1v) is 5.48. The minimum atomic E-state index is -0.0711. The fourth-order valence-corrected chi connectivity index (χ4v) is 1.85. The SMILES string of the molecule is CN(C)CC(=O)c1ccc2ccccc2c1O. The first-order valence-electron chi connectivity index (χ1n) is 5.48. The molecule has 0 aromatic heterocycles. The van der Waals surface area contributed by atoms with E-state index in [1.54, 1.807) is 11.0 Å². The van der Waals surface area contributed by atoms with Crippen LogP contribution in [0.15, 0.2) is 36.4 Å². The lowest BCUT2D eigenvalue weighted by molar-refractivity contribution is 0.0955. The Kier molecular flexibility index (Phi) is 3.11. The second kappa shape index (κ2) is 4.55. The normalized spacial score (nSPS) is 11.0. The number of fused-ring (bicyclic) bond motifs is 1. The fourth-order valence-electron chi connectivity index (χ4n) is 1.85. The molecule has 1 N–H and O–H groups in total. The number of hydrogen-bond donors (Lipinski definition) is 1. The zero-order valence-corrected chi connectivity index (χ0v) is 9.97. The molecule has 2 aromatic carbocycles. The molecule has 2 aromatic rings. The molecule has 3 nitrogen and oxygen atoms in total. The van der Waals surface area contributed by atoms with Gasteiger partial charge in [-0.1, -0.05) is 30.3 Å². The third-order valence-electron chi connectivity index (χ3n) is 2.66. The van der Waals surface area contributed by atoms with Crippen molar-refractivity contribution >= 4 is 16.6 Å². The Morgan fingerprint density at radius 2 is 1.88 bits per heavy atom. The number of likely N-dealkylation sites (N-methyl/N-ethyl adjacent to an activating group) is 1. The summed E-state index contributed by atoms with van der Waals surface area (Å²) in [7, 11) is 3.66. The zero-order valence-electron chi connectivity index (χ0n) is 9.97. The van der Waals surface area contributed by atoms with Gasteiger partial charge in [0.15, 0.2) is 5.78 Å². The molecule has 88 valence electrons. The Morgan fingerprint density at radius 1 is 1.18 bits per heavy atom. The highest BCUT2D eigenvalue weighted by molar-refractivity contribution is 6.05. The van der Waals surface area contributed by atoms with Crippen molar-refractivity contribution in [2.75, 3.05) is 20.6 Å². The molecular formula is C14H15NO2. The number of carbonyl (C=O) groups excluding carboxylic acids is 1. The average molecular weight is 229 g/mol. The number of phenolic OH excluding ortho intramolecular Hbond substituents is 1. The van der Waals surface area contributed by atoms with E-state index in [-0.39, 0.29) is 11.5 Å². The number of rotatable bonds is 3. The molecule has 0 fully saturated rings. The molecular weight excluding hydrogens is 214 g/mol. The summed E-state index contributed by atoms with van der Waals surface area (Å²) in [5, 5.41) is 11.7. The quantitative estimate of drug-likeness (QED) is 0.821. The lowest BCUT2D eigenvalue weighted by Gasteiger charge is -2.10. The predicted molar refractivity (Wildman–Crippen MR) is 68.5 cm³/mol. The second-order valence-electron chi connectivity index (χ2n) is 4.34. The van der Waals surface area contributed by atoms with Crippen molar-refractivity contribution < 1.29 is 9.90 Å². The van der Waals surface area contributed by atoms with Gasteiger partial charge in [0.05, 0.1) is 12.1 Å². The van der Waals surface area contributed by atoms with Crippen LogP contribution in [0.4, 0.5) is 0 Å². The van der Waals surface area contributed by atoms with Crippen LogP contribution in [0.2, 0.25) is 0 Å². The average Bonchev–Trinajstić information content (AvgIpc) is 2.28. The minimum absolute atomic E-state index is 0.0711. The number of Topliss-reactive ketones (excluding diaryl/α,β-unsaturated/α-hetero) is 1. The number of carbonyl (C=O) groups is 1. The van der Waals surface area contributed by atoms with Gasteiger partial charge >= 0.3 is 0 Å². The van der Waals surface area contributed by atoms with Gasteiger partial charge in [0.1, 0.15) is 5.75 Å². The molecule has 0 bridgehead atoms. The van der Waals surface area contributed by atoms with E-state index in [0.717, 1.165) is 10.8 Å². The number of nitrogens with zero attached hydrogens (tertiary/aromatic N) is 1. The fraction of sp³-hybridized carbons (Fsp3) is 0.214. The van der Waals surface area contributed by atoms with Crippen LogP contribution >= 0.6 is 0 Å². The van der Waals surface area contributed by atoms with Crippen LogP contribution in [0.1, 0.15) is 10.4 Å². The van der Waals surface area contributed by atoms with Crippen LogP contribution in [-0.2, 0) is 0 Å². The van der Waals surface area contributed by atoms with Crippen molar-refractivity contribution in [1.29, 1.82) is 0 Å². The Hall–Kier alpha value is -1.87. The van der Waals surface area contributed by atoms with E-state index in [1.165, 1.54) is 0 Å². The molecule has 0 unspecified atom stereocenters. The summed E-state index contributed by atoms with van der Waals surface area (Å²) < 4.78 is 0. The first kappa shape index (κ1) is 11.6. The van der Waals surface area contributed by atoms with Crippen molar-refractivity contribution in [3.63, 3.8) is 0 Å². The van der Waals surface area contributed by atoms with Gasteiger partial charge in [-0.2, -0.15) is 0 Å². The molecule has 2 rings (SSSR count). The number of hydrogen-bond acceptors (Lipinski definition) is 3. The van der Waals surface area contributed by atoms with Gasteiger partial charge in [0, 0.05) is 5.39 Å². The van der Waals surface area contributed by atoms with Gasteiger partial charge in [0.2, 0.25) is 0 Å². The standard InChI is InChI=1S/C14H15NO2/c1-15(2)9-13(16)12-8-7-10-5-3-4-6-11(10)14(12)17/h3-8,17H,9H2,1-2H3. The Balaban J connectivity index is 2.49. The molecule has 0 radical (unpaired) electrons. The highest BCUT2D eigenvalue weighted by atomic mass is 16.3. The molecule has 0 aliphatic heterocycles. The number of benzene rings is 2. The highest BCUT2D eigenvalue weighted by Gasteiger charge is 2.13. The van der Waals surface area contributed by atoms with Gasteiger partial charge in [-0.3, -0.25) is 4.79 Å². The summed E-state index contributed by atoms with van der Waals surface area (Å²) in [6.45, 7) is 0.298. The predicted octanol–water partition coefficient (Wildman–Crippen LogP) is 2.29. The molecule has 0 atom stereocenters. The maximum atomic E-state index is 11.9. The summed E-state index contributed by atoms with van der Waals surface area (Å²) in [5.41, 5.74) is 0.386. The Bertz CT molecular complexity index is 561. The molecule has 0 heterocycles. The molecule has 3 heteroatoms. The van der Waals surface area contributed by atoms with Crippen LogP contribution in [0, 0.1) is 0 Å². The lowest BCUT2D eigenvalue weighted by atomic mass is 10.0. The van der Waals surface area contributed by atoms with Gasteiger partial charge < -0.3 is 10.0 Å².